The largest absolute Gasteiger partial charge is 0.364 e. The minimum Gasteiger partial charge on any atom is -0.364 e. The topological polar surface area (TPSA) is 79.9 Å². The highest BCUT2D eigenvalue weighted by Crippen LogP contribution is 2.21. The van der Waals surface area contributed by atoms with E-state index in [4.69, 9.17) is 4.74 Å². The summed E-state index contributed by atoms with van der Waals surface area (Å²) < 4.78 is 5.59. The molecule has 1 heterocycles. The number of carbonyl (C=O) groups is 1. The Balaban J connectivity index is 1.81. The number of amides is 1. The van der Waals surface area contributed by atoms with Crippen LogP contribution in [0.5, 0.6) is 0 Å². The zero-order valence-electron chi connectivity index (χ0n) is 12.1. The number of hydrogen-bond acceptors (Lipinski definition) is 4. The molecule has 0 bridgehead atoms. The normalized spacial score (nSPS) is 12.2. The number of rotatable bonds is 5. The fraction of sp³-hybridized carbons (Fsp3) is 0.188. The third-order valence-electron chi connectivity index (χ3n) is 3.26. The number of nitrogens with zero attached hydrogens (tertiary/aromatic N) is 2. The number of carbonyl (C=O) groups excluding carboxylic acids is 1. The van der Waals surface area contributed by atoms with Crippen LogP contribution >= 0.6 is 0 Å². The zero-order chi connectivity index (χ0) is 15.4. The van der Waals surface area contributed by atoms with Gasteiger partial charge in [0.05, 0.1) is 0 Å². The first-order chi connectivity index (χ1) is 10.8. The van der Waals surface area contributed by atoms with Crippen LogP contribution in [0.15, 0.2) is 48.5 Å². The molecule has 22 heavy (non-hydrogen) atoms. The number of aromatic nitrogens is 3. The van der Waals surface area contributed by atoms with E-state index in [1.165, 1.54) is 0 Å². The van der Waals surface area contributed by atoms with Crippen LogP contribution in [0.3, 0.4) is 0 Å². The molecule has 6 nitrogen and oxygen atoms in total. The number of ether oxygens (including phenoxy) is 1. The molecule has 2 aromatic carbocycles. The van der Waals surface area contributed by atoms with E-state index in [1.54, 1.807) is 18.2 Å². The molecule has 2 N–H and O–H groups in total. The van der Waals surface area contributed by atoms with E-state index < -0.39 is 6.10 Å². The zero-order valence-corrected chi connectivity index (χ0v) is 12.1. The van der Waals surface area contributed by atoms with Crippen molar-refractivity contribution in [2.45, 2.75) is 13.0 Å². The van der Waals surface area contributed by atoms with Gasteiger partial charge in [-0.05, 0) is 30.7 Å². The van der Waals surface area contributed by atoms with Gasteiger partial charge < -0.3 is 10.1 Å². The smallest absolute Gasteiger partial charge is 0.258 e. The molecule has 0 saturated carbocycles. The van der Waals surface area contributed by atoms with Gasteiger partial charge in [-0.1, -0.05) is 30.3 Å². The number of fused-ring (bicyclic) bond motifs is 1. The lowest BCUT2D eigenvalue weighted by molar-refractivity contribution is -0.127. The van der Waals surface area contributed by atoms with Crippen molar-refractivity contribution in [2.75, 3.05) is 11.9 Å². The lowest BCUT2D eigenvalue weighted by atomic mass is 10.1. The number of anilines is 1. The van der Waals surface area contributed by atoms with Gasteiger partial charge in [-0.3, -0.25) is 4.79 Å². The standard InChI is InChI=1S/C16H16N4O2/c1-2-22-15(11-6-4-3-5-7-11)16(21)17-12-8-9-13-14(10-12)19-20-18-13/h3-10,15H,2H2,1H3,(H,17,21)(H,18,19,20). The quantitative estimate of drug-likeness (QED) is 0.758. The van der Waals surface area contributed by atoms with Crippen LogP contribution in [0.25, 0.3) is 11.0 Å². The second-order valence-corrected chi connectivity index (χ2v) is 4.76. The summed E-state index contributed by atoms with van der Waals surface area (Å²) in [5.41, 5.74) is 2.93. The van der Waals surface area contributed by atoms with Crippen molar-refractivity contribution in [3.63, 3.8) is 0 Å². The first-order valence-electron chi connectivity index (χ1n) is 7.06. The highest BCUT2D eigenvalue weighted by atomic mass is 16.5. The molecule has 1 amide bonds. The highest BCUT2D eigenvalue weighted by Gasteiger charge is 2.21. The third-order valence-corrected chi connectivity index (χ3v) is 3.26. The molecule has 1 atom stereocenters. The first-order valence-corrected chi connectivity index (χ1v) is 7.06. The molecule has 0 saturated heterocycles. The third kappa shape index (κ3) is 2.96. The van der Waals surface area contributed by atoms with E-state index in [1.807, 2.05) is 37.3 Å². The Hall–Kier alpha value is -2.73. The lowest BCUT2D eigenvalue weighted by Crippen LogP contribution is -2.23. The number of hydrogen-bond donors (Lipinski definition) is 2. The lowest BCUT2D eigenvalue weighted by Gasteiger charge is -2.17. The summed E-state index contributed by atoms with van der Waals surface area (Å²) in [6, 6.07) is 14.8. The minimum absolute atomic E-state index is 0.212. The van der Waals surface area contributed by atoms with Crippen LogP contribution < -0.4 is 5.32 Å². The minimum atomic E-state index is -0.640. The van der Waals surface area contributed by atoms with Crippen LogP contribution in [-0.2, 0) is 9.53 Å². The number of benzene rings is 2. The van der Waals surface area contributed by atoms with Crippen LogP contribution in [0.2, 0.25) is 0 Å². The predicted octanol–water partition coefficient (Wildman–Crippen LogP) is 2.67. The van der Waals surface area contributed by atoms with Crippen molar-refractivity contribution in [2.24, 2.45) is 0 Å². The van der Waals surface area contributed by atoms with Gasteiger partial charge in [0.15, 0.2) is 6.10 Å². The van der Waals surface area contributed by atoms with Crippen molar-refractivity contribution in [3.8, 4) is 0 Å². The van der Waals surface area contributed by atoms with Gasteiger partial charge in [0, 0.05) is 12.3 Å². The van der Waals surface area contributed by atoms with E-state index in [0.717, 1.165) is 11.1 Å². The Morgan fingerprint density at radius 2 is 1.95 bits per heavy atom. The van der Waals surface area contributed by atoms with Gasteiger partial charge >= 0.3 is 0 Å². The summed E-state index contributed by atoms with van der Waals surface area (Å²) in [5, 5.41) is 13.4. The fourth-order valence-corrected chi connectivity index (χ4v) is 2.24. The molecule has 0 radical (unpaired) electrons. The average Bonchev–Trinajstić information content (AvgIpc) is 3.01. The molecule has 112 valence electrons. The molecular weight excluding hydrogens is 280 g/mol. The van der Waals surface area contributed by atoms with E-state index in [9.17, 15) is 4.79 Å². The van der Waals surface area contributed by atoms with Gasteiger partial charge in [-0.25, -0.2) is 0 Å². The Bertz CT molecular complexity index is 770. The number of H-pyrrole nitrogens is 1. The SMILES string of the molecule is CCOC(C(=O)Nc1ccc2n[nH]nc2c1)c1ccccc1. The average molecular weight is 296 g/mol. The maximum atomic E-state index is 12.5. The molecule has 0 aliphatic heterocycles. The maximum absolute atomic E-state index is 12.5. The van der Waals surface area contributed by atoms with Crippen LogP contribution in [-0.4, -0.2) is 27.9 Å². The summed E-state index contributed by atoms with van der Waals surface area (Å²) in [6.45, 7) is 2.32. The van der Waals surface area contributed by atoms with Crippen LogP contribution in [0, 0.1) is 0 Å². The molecule has 6 heteroatoms. The summed E-state index contributed by atoms with van der Waals surface area (Å²) >= 11 is 0. The molecule has 0 fully saturated rings. The van der Waals surface area contributed by atoms with Gasteiger partial charge in [-0.15, -0.1) is 0 Å². The molecule has 0 aliphatic carbocycles. The van der Waals surface area contributed by atoms with Crippen LogP contribution in [0.1, 0.15) is 18.6 Å². The Morgan fingerprint density at radius 3 is 2.73 bits per heavy atom. The van der Waals surface area contributed by atoms with E-state index in [0.29, 0.717) is 17.8 Å². The van der Waals surface area contributed by atoms with Gasteiger partial charge in [-0.2, -0.15) is 15.4 Å². The van der Waals surface area contributed by atoms with Gasteiger partial charge in [0.2, 0.25) is 0 Å². The number of nitrogens with one attached hydrogen (secondary N) is 2. The van der Waals surface area contributed by atoms with Gasteiger partial charge in [0.1, 0.15) is 11.0 Å². The van der Waals surface area contributed by atoms with Crippen molar-refractivity contribution >= 4 is 22.6 Å². The summed E-state index contributed by atoms with van der Waals surface area (Å²) in [4.78, 5) is 12.5. The van der Waals surface area contributed by atoms with Crippen LogP contribution in [0.4, 0.5) is 5.69 Å². The van der Waals surface area contributed by atoms with E-state index >= 15 is 0 Å². The maximum Gasteiger partial charge on any atom is 0.258 e. The molecule has 0 aliphatic rings. The van der Waals surface area contributed by atoms with Gasteiger partial charge in [0.25, 0.3) is 5.91 Å². The summed E-state index contributed by atoms with van der Waals surface area (Å²) in [5.74, 6) is -0.212. The van der Waals surface area contributed by atoms with Crippen molar-refractivity contribution in [1.29, 1.82) is 0 Å². The Labute approximate surface area is 127 Å². The van der Waals surface area contributed by atoms with Crippen molar-refractivity contribution in [1.82, 2.24) is 15.4 Å². The van der Waals surface area contributed by atoms with Crippen molar-refractivity contribution < 1.29 is 9.53 Å². The molecule has 1 aromatic heterocycles. The Kier molecular flexibility index (Phi) is 4.11. The second-order valence-electron chi connectivity index (χ2n) is 4.76. The summed E-state index contributed by atoms with van der Waals surface area (Å²) in [6.07, 6.45) is -0.640. The fourth-order valence-electron chi connectivity index (χ4n) is 2.24. The molecular formula is C16H16N4O2. The molecule has 0 spiro atoms. The highest BCUT2D eigenvalue weighted by molar-refractivity contribution is 5.96. The molecule has 1 unspecified atom stereocenters. The van der Waals surface area contributed by atoms with Crippen molar-refractivity contribution in [3.05, 3.63) is 54.1 Å². The number of aromatic amines is 1. The Morgan fingerprint density at radius 1 is 1.18 bits per heavy atom. The second kappa shape index (κ2) is 6.36. The van der Waals surface area contributed by atoms with E-state index in [2.05, 4.69) is 20.7 Å². The monoisotopic (exact) mass is 296 g/mol. The predicted molar refractivity (Wildman–Crippen MR) is 83.3 cm³/mol. The van der Waals surface area contributed by atoms with E-state index in [-0.39, 0.29) is 5.91 Å². The summed E-state index contributed by atoms with van der Waals surface area (Å²) in [7, 11) is 0. The molecule has 3 aromatic rings. The first kappa shape index (κ1) is 14.2. The molecule has 3 rings (SSSR count).